The number of rotatable bonds is 5. The Morgan fingerprint density at radius 3 is 2.45 bits per heavy atom. The summed E-state index contributed by atoms with van der Waals surface area (Å²) in [7, 11) is 0. The summed E-state index contributed by atoms with van der Waals surface area (Å²) in [4.78, 5) is 12.6. The number of nitrogens with one attached hydrogen (secondary N) is 1. The van der Waals surface area contributed by atoms with Crippen molar-refractivity contribution < 1.29 is 14.3 Å². The van der Waals surface area contributed by atoms with Crippen LogP contribution in [0.2, 0.25) is 0 Å². The lowest BCUT2D eigenvalue weighted by Gasteiger charge is -2.05. The standard InChI is InChI=1S/C27H20FN3O2/c28-22-11-9-18(10-12-22)16-31-17-21(23-7-3-4-8-25(23)31)15-29-30-27(33)24-13-19-5-1-2-6-20(19)14-26(24)32/h1-15,17,32H,16H2,(H,30,33). The van der Waals surface area contributed by atoms with E-state index in [-0.39, 0.29) is 17.1 Å². The topological polar surface area (TPSA) is 66.6 Å². The molecule has 1 heterocycles. The Bertz CT molecular complexity index is 1500. The predicted molar refractivity (Wildman–Crippen MR) is 128 cm³/mol. The Morgan fingerprint density at radius 2 is 1.67 bits per heavy atom. The molecule has 33 heavy (non-hydrogen) atoms. The van der Waals surface area contributed by atoms with Crippen molar-refractivity contribution in [2.45, 2.75) is 6.54 Å². The molecule has 6 heteroatoms. The largest absolute Gasteiger partial charge is 0.507 e. The van der Waals surface area contributed by atoms with Gasteiger partial charge in [-0.15, -0.1) is 0 Å². The lowest BCUT2D eigenvalue weighted by molar-refractivity contribution is 0.0952. The average molecular weight is 437 g/mol. The highest BCUT2D eigenvalue weighted by molar-refractivity contribution is 6.03. The molecule has 0 bridgehead atoms. The molecule has 2 N–H and O–H groups in total. The summed E-state index contributed by atoms with van der Waals surface area (Å²) in [6.07, 6.45) is 3.52. The Hall–Kier alpha value is -4.45. The van der Waals surface area contributed by atoms with Crippen LogP contribution >= 0.6 is 0 Å². The fourth-order valence-electron chi connectivity index (χ4n) is 3.93. The lowest BCUT2D eigenvalue weighted by Crippen LogP contribution is -2.17. The molecule has 5 nitrogen and oxygen atoms in total. The second kappa shape index (κ2) is 8.59. The molecular formula is C27H20FN3O2. The van der Waals surface area contributed by atoms with E-state index in [2.05, 4.69) is 15.1 Å². The van der Waals surface area contributed by atoms with Gasteiger partial charge in [-0.1, -0.05) is 54.6 Å². The van der Waals surface area contributed by atoms with Gasteiger partial charge in [0, 0.05) is 29.2 Å². The van der Waals surface area contributed by atoms with E-state index in [0.717, 1.165) is 32.8 Å². The number of phenolic OH excluding ortho intramolecular Hbond substituents is 1. The average Bonchev–Trinajstić information content (AvgIpc) is 3.17. The second-order valence-electron chi connectivity index (χ2n) is 7.77. The Balaban J connectivity index is 1.39. The number of phenols is 1. The van der Waals surface area contributed by atoms with Crippen molar-refractivity contribution in [3.63, 3.8) is 0 Å². The third kappa shape index (κ3) is 4.19. The molecule has 0 radical (unpaired) electrons. The van der Waals surface area contributed by atoms with Crippen LogP contribution in [0.5, 0.6) is 5.75 Å². The third-order valence-corrected chi connectivity index (χ3v) is 5.56. The van der Waals surface area contributed by atoms with E-state index in [1.54, 1.807) is 30.5 Å². The first-order valence-electron chi connectivity index (χ1n) is 10.5. The predicted octanol–water partition coefficient (Wildman–Crippen LogP) is 5.45. The summed E-state index contributed by atoms with van der Waals surface area (Å²) in [5.41, 5.74) is 5.46. The number of nitrogens with zero attached hydrogens (tertiary/aromatic N) is 2. The van der Waals surface area contributed by atoms with Gasteiger partial charge in [0.05, 0.1) is 11.8 Å². The molecule has 1 amide bonds. The van der Waals surface area contributed by atoms with Gasteiger partial charge in [0.25, 0.3) is 5.91 Å². The number of fused-ring (bicyclic) bond motifs is 2. The number of amides is 1. The van der Waals surface area contributed by atoms with Crippen molar-refractivity contribution in [1.29, 1.82) is 0 Å². The van der Waals surface area contributed by atoms with E-state index < -0.39 is 5.91 Å². The lowest BCUT2D eigenvalue weighted by atomic mass is 10.1. The van der Waals surface area contributed by atoms with Crippen LogP contribution in [0.15, 0.2) is 96.2 Å². The summed E-state index contributed by atoms with van der Waals surface area (Å²) in [5, 5.41) is 17.1. The zero-order chi connectivity index (χ0) is 22.8. The Labute approximate surface area is 189 Å². The minimum atomic E-state index is -0.496. The number of halogens is 1. The summed E-state index contributed by atoms with van der Waals surface area (Å²) >= 11 is 0. The van der Waals surface area contributed by atoms with Crippen LogP contribution in [0.1, 0.15) is 21.5 Å². The summed E-state index contributed by atoms with van der Waals surface area (Å²) in [6.45, 7) is 0.575. The molecule has 0 fully saturated rings. The first-order valence-corrected chi connectivity index (χ1v) is 10.5. The number of hydrazone groups is 1. The molecular weight excluding hydrogens is 417 g/mol. The maximum Gasteiger partial charge on any atom is 0.275 e. The fraction of sp³-hybridized carbons (Fsp3) is 0.0370. The highest BCUT2D eigenvalue weighted by Crippen LogP contribution is 2.25. The molecule has 0 aliphatic heterocycles. The summed E-state index contributed by atoms with van der Waals surface area (Å²) in [6, 6.07) is 25.0. The summed E-state index contributed by atoms with van der Waals surface area (Å²) in [5.74, 6) is -0.862. The van der Waals surface area contributed by atoms with Gasteiger partial charge >= 0.3 is 0 Å². The number of carbonyl (C=O) groups excluding carboxylic acids is 1. The number of carbonyl (C=O) groups is 1. The second-order valence-corrected chi connectivity index (χ2v) is 7.77. The number of aromatic hydroxyl groups is 1. The number of aromatic nitrogens is 1. The number of benzene rings is 4. The van der Waals surface area contributed by atoms with Crippen LogP contribution in [0.3, 0.4) is 0 Å². The summed E-state index contributed by atoms with van der Waals surface area (Å²) < 4.78 is 15.3. The third-order valence-electron chi connectivity index (χ3n) is 5.56. The maximum absolute atomic E-state index is 13.2. The molecule has 0 atom stereocenters. The van der Waals surface area contributed by atoms with Gasteiger partial charge in [-0.2, -0.15) is 5.10 Å². The van der Waals surface area contributed by atoms with E-state index in [1.807, 2.05) is 54.7 Å². The first-order chi connectivity index (χ1) is 16.1. The monoisotopic (exact) mass is 437 g/mol. The molecule has 162 valence electrons. The normalized spacial score (nSPS) is 11.4. The number of para-hydroxylation sites is 1. The molecule has 0 saturated heterocycles. The molecule has 0 aliphatic rings. The highest BCUT2D eigenvalue weighted by Gasteiger charge is 2.12. The fourth-order valence-corrected chi connectivity index (χ4v) is 3.93. The Morgan fingerprint density at radius 1 is 0.970 bits per heavy atom. The molecule has 0 unspecified atom stereocenters. The molecule has 4 aromatic carbocycles. The van der Waals surface area contributed by atoms with Gasteiger partial charge in [-0.3, -0.25) is 4.79 Å². The van der Waals surface area contributed by atoms with E-state index in [0.29, 0.717) is 6.54 Å². The van der Waals surface area contributed by atoms with Gasteiger partial charge < -0.3 is 9.67 Å². The smallest absolute Gasteiger partial charge is 0.275 e. The van der Waals surface area contributed by atoms with Crippen molar-refractivity contribution >= 4 is 33.8 Å². The van der Waals surface area contributed by atoms with E-state index >= 15 is 0 Å². The van der Waals surface area contributed by atoms with Crippen LogP contribution in [0, 0.1) is 5.82 Å². The van der Waals surface area contributed by atoms with Crippen molar-refractivity contribution in [3.05, 3.63) is 114 Å². The van der Waals surface area contributed by atoms with Crippen molar-refractivity contribution in [2.24, 2.45) is 5.10 Å². The van der Waals surface area contributed by atoms with Crippen LogP contribution in [-0.4, -0.2) is 21.8 Å². The van der Waals surface area contributed by atoms with Gasteiger partial charge in [-0.05, 0) is 46.7 Å². The molecule has 5 aromatic rings. The number of hydrogen-bond donors (Lipinski definition) is 2. The van der Waals surface area contributed by atoms with E-state index in [9.17, 15) is 14.3 Å². The first kappa shape index (κ1) is 20.5. The van der Waals surface area contributed by atoms with Crippen molar-refractivity contribution in [2.75, 3.05) is 0 Å². The van der Waals surface area contributed by atoms with Crippen LogP contribution in [-0.2, 0) is 6.54 Å². The van der Waals surface area contributed by atoms with Crippen molar-refractivity contribution in [3.8, 4) is 5.75 Å². The minimum Gasteiger partial charge on any atom is -0.507 e. The van der Waals surface area contributed by atoms with Crippen LogP contribution in [0.4, 0.5) is 4.39 Å². The maximum atomic E-state index is 13.2. The van der Waals surface area contributed by atoms with Gasteiger partial charge in [0.2, 0.25) is 0 Å². The zero-order valence-electron chi connectivity index (χ0n) is 17.6. The molecule has 0 saturated carbocycles. The van der Waals surface area contributed by atoms with Crippen LogP contribution in [0.25, 0.3) is 21.7 Å². The highest BCUT2D eigenvalue weighted by atomic mass is 19.1. The van der Waals surface area contributed by atoms with Gasteiger partial charge in [-0.25, -0.2) is 9.82 Å². The van der Waals surface area contributed by atoms with Crippen molar-refractivity contribution in [1.82, 2.24) is 9.99 Å². The van der Waals surface area contributed by atoms with Gasteiger partial charge in [0.1, 0.15) is 11.6 Å². The zero-order valence-corrected chi connectivity index (χ0v) is 17.6. The van der Waals surface area contributed by atoms with E-state index in [4.69, 9.17) is 0 Å². The molecule has 0 spiro atoms. The number of hydrogen-bond acceptors (Lipinski definition) is 3. The van der Waals surface area contributed by atoms with Crippen LogP contribution < -0.4 is 5.43 Å². The van der Waals surface area contributed by atoms with E-state index in [1.165, 1.54) is 12.1 Å². The minimum absolute atomic E-state index is 0.0997. The molecule has 5 rings (SSSR count). The SMILES string of the molecule is O=C(NN=Cc1cn(Cc2ccc(F)cc2)c2ccccc12)c1cc2ccccc2cc1O. The Kier molecular flexibility index (Phi) is 5.32. The molecule has 0 aliphatic carbocycles. The quantitative estimate of drug-likeness (QED) is 0.284. The molecule has 1 aromatic heterocycles. The van der Waals surface area contributed by atoms with Gasteiger partial charge in [0.15, 0.2) is 0 Å².